The number of carbonyl (C=O) groups is 2. The molecule has 1 atom stereocenters. The summed E-state index contributed by atoms with van der Waals surface area (Å²) in [6, 6.07) is 5.13. The Bertz CT molecular complexity index is 660. The van der Waals surface area contributed by atoms with Crippen LogP contribution in [0, 0.1) is 0 Å². The van der Waals surface area contributed by atoms with Gasteiger partial charge in [0.15, 0.2) is 0 Å². The van der Waals surface area contributed by atoms with Crippen LogP contribution in [-0.4, -0.2) is 29.6 Å². The van der Waals surface area contributed by atoms with Crippen molar-refractivity contribution in [3.63, 3.8) is 0 Å². The van der Waals surface area contributed by atoms with E-state index in [2.05, 4.69) is 16.7 Å². The lowest BCUT2D eigenvalue weighted by molar-refractivity contribution is -0.141. The third-order valence-electron chi connectivity index (χ3n) is 5.17. The van der Waals surface area contributed by atoms with Gasteiger partial charge < -0.3 is 15.7 Å². The average molecular weight is 373 g/mol. The third kappa shape index (κ3) is 6.51. The molecule has 1 aliphatic rings. The topological polar surface area (TPSA) is 78.4 Å². The van der Waals surface area contributed by atoms with Crippen molar-refractivity contribution in [2.45, 2.75) is 71.3 Å². The summed E-state index contributed by atoms with van der Waals surface area (Å²) >= 11 is 0. The zero-order valence-corrected chi connectivity index (χ0v) is 16.5. The van der Waals surface area contributed by atoms with Crippen molar-refractivity contribution in [1.29, 1.82) is 0 Å². The molecule has 0 saturated heterocycles. The molecule has 0 aliphatic heterocycles. The van der Waals surface area contributed by atoms with Crippen LogP contribution in [-0.2, 0) is 22.4 Å². The minimum Gasteiger partial charge on any atom is -0.480 e. The van der Waals surface area contributed by atoms with Gasteiger partial charge in [-0.15, -0.1) is 0 Å². The van der Waals surface area contributed by atoms with E-state index in [0.29, 0.717) is 6.54 Å². The van der Waals surface area contributed by atoms with Crippen molar-refractivity contribution in [2.24, 2.45) is 0 Å². The summed E-state index contributed by atoms with van der Waals surface area (Å²) in [6.07, 6.45) is 9.37. The number of benzene rings is 1. The van der Waals surface area contributed by atoms with E-state index in [4.69, 9.17) is 0 Å². The van der Waals surface area contributed by atoms with Gasteiger partial charge in [0.05, 0.1) is 6.42 Å². The molecule has 3 N–H and O–H groups in total. The van der Waals surface area contributed by atoms with Crippen LogP contribution in [0.25, 0.3) is 0 Å². The molecule has 5 nitrogen and oxygen atoms in total. The number of hydrogen-bond donors (Lipinski definition) is 3. The quantitative estimate of drug-likeness (QED) is 0.541. The largest absolute Gasteiger partial charge is 0.480 e. The number of aliphatic carboxylic acids is 1. The second-order valence-corrected chi connectivity index (χ2v) is 7.11. The van der Waals surface area contributed by atoms with Crippen molar-refractivity contribution in [1.82, 2.24) is 5.32 Å². The van der Waals surface area contributed by atoms with Gasteiger partial charge >= 0.3 is 5.97 Å². The van der Waals surface area contributed by atoms with E-state index in [-0.39, 0.29) is 12.3 Å². The average Bonchev–Trinajstić information content (AvgIpc) is 2.68. The molecule has 0 fully saturated rings. The fourth-order valence-electron chi connectivity index (χ4n) is 3.56. The highest BCUT2D eigenvalue weighted by Gasteiger charge is 2.21. The Balaban J connectivity index is 1.93. The van der Waals surface area contributed by atoms with E-state index in [0.717, 1.165) is 48.9 Å². The van der Waals surface area contributed by atoms with Crippen LogP contribution < -0.4 is 10.6 Å². The van der Waals surface area contributed by atoms with Crippen LogP contribution in [0.3, 0.4) is 0 Å². The minimum absolute atomic E-state index is 0.0738. The van der Waals surface area contributed by atoms with Gasteiger partial charge in [0.25, 0.3) is 0 Å². The molecule has 0 radical (unpaired) electrons. The lowest BCUT2D eigenvalue weighted by Crippen LogP contribution is -2.40. The van der Waals surface area contributed by atoms with Crippen LogP contribution in [0.5, 0.6) is 0 Å². The number of carbonyl (C=O) groups excluding carboxylic acids is 1. The highest BCUT2D eigenvalue weighted by molar-refractivity contribution is 5.95. The normalized spacial score (nSPS) is 15.1. The van der Waals surface area contributed by atoms with Gasteiger partial charge in [-0.2, -0.15) is 0 Å². The molecule has 2 rings (SSSR count). The number of hydrogen-bond acceptors (Lipinski definition) is 3. The van der Waals surface area contributed by atoms with E-state index in [1.54, 1.807) is 0 Å². The van der Waals surface area contributed by atoms with Gasteiger partial charge in [0.2, 0.25) is 5.91 Å². The summed E-state index contributed by atoms with van der Waals surface area (Å²) in [6.45, 7) is 4.68. The highest BCUT2D eigenvalue weighted by atomic mass is 16.4. The Morgan fingerprint density at radius 1 is 1.15 bits per heavy atom. The van der Waals surface area contributed by atoms with Crippen LogP contribution in [0.15, 0.2) is 29.8 Å². The number of rotatable bonds is 10. The first-order valence-corrected chi connectivity index (χ1v) is 10.1. The number of nitrogens with one attached hydrogen (secondary N) is 2. The Morgan fingerprint density at radius 2 is 1.85 bits per heavy atom. The number of anilines is 1. The van der Waals surface area contributed by atoms with Gasteiger partial charge in [-0.1, -0.05) is 43.7 Å². The number of amides is 1. The van der Waals surface area contributed by atoms with E-state index in [1.807, 2.05) is 32.0 Å². The molecule has 148 valence electrons. The Hall–Kier alpha value is -2.14. The van der Waals surface area contributed by atoms with Gasteiger partial charge in [-0.05, 0) is 62.6 Å². The highest BCUT2D eigenvalue weighted by Crippen LogP contribution is 2.23. The molecule has 0 heterocycles. The first-order chi connectivity index (χ1) is 13.0. The van der Waals surface area contributed by atoms with Gasteiger partial charge in [-0.3, -0.25) is 9.59 Å². The number of allylic oxidation sites excluding steroid dienone is 1. The molecular weight excluding hydrogens is 340 g/mol. The molecule has 1 aromatic rings. The predicted octanol–water partition coefficient (Wildman–Crippen LogP) is 4.07. The number of carboxylic acids is 1. The van der Waals surface area contributed by atoms with Crippen molar-refractivity contribution in [3.05, 3.63) is 41.0 Å². The standard InChI is InChI=1S/C22H32N2O3/c1-3-17-11-8-12-18(4-2)21(17)24-20(25)15-19(22(26)27)23-14-13-16-9-6-5-7-10-16/h8-9,11-12,19,23H,3-7,10,13-15H2,1-2H3,(H,24,25)(H,26,27). The smallest absolute Gasteiger partial charge is 0.321 e. The molecule has 1 aromatic carbocycles. The molecule has 0 saturated carbocycles. The lowest BCUT2D eigenvalue weighted by Gasteiger charge is -2.18. The van der Waals surface area contributed by atoms with Crippen molar-refractivity contribution < 1.29 is 14.7 Å². The summed E-state index contributed by atoms with van der Waals surface area (Å²) < 4.78 is 0. The maximum Gasteiger partial charge on any atom is 0.321 e. The van der Waals surface area contributed by atoms with Crippen molar-refractivity contribution >= 4 is 17.6 Å². The van der Waals surface area contributed by atoms with Crippen molar-refractivity contribution in [3.8, 4) is 0 Å². The maximum absolute atomic E-state index is 12.5. The van der Waals surface area contributed by atoms with E-state index in [1.165, 1.54) is 18.4 Å². The zero-order chi connectivity index (χ0) is 19.6. The third-order valence-corrected chi connectivity index (χ3v) is 5.17. The molecule has 5 heteroatoms. The van der Waals surface area contributed by atoms with Crippen molar-refractivity contribution in [2.75, 3.05) is 11.9 Å². The first kappa shape index (κ1) is 21.2. The van der Waals surface area contributed by atoms with Gasteiger partial charge in [0.1, 0.15) is 6.04 Å². The number of carboxylic acid groups (broad SMARTS) is 1. The zero-order valence-electron chi connectivity index (χ0n) is 16.5. The van der Waals surface area contributed by atoms with Crippen LogP contribution in [0.4, 0.5) is 5.69 Å². The second kappa shape index (κ2) is 10.9. The van der Waals surface area contributed by atoms with Crippen LogP contribution in [0.2, 0.25) is 0 Å². The Morgan fingerprint density at radius 3 is 2.41 bits per heavy atom. The summed E-state index contributed by atoms with van der Waals surface area (Å²) in [5.74, 6) is -1.25. The van der Waals surface area contributed by atoms with E-state index in [9.17, 15) is 14.7 Å². The summed E-state index contributed by atoms with van der Waals surface area (Å²) in [7, 11) is 0. The monoisotopic (exact) mass is 372 g/mol. The maximum atomic E-state index is 12.5. The molecule has 0 bridgehead atoms. The molecule has 1 amide bonds. The van der Waals surface area contributed by atoms with Crippen LogP contribution in [0.1, 0.15) is 63.5 Å². The SMILES string of the molecule is CCc1cccc(CC)c1NC(=O)CC(NCCC1=CCCCC1)C(=O)O. The van der Waals surface area contributed by atoms with Gasteiger partial charge in [-0.25, -0.2) is 0 Å². The fraction of sp³-hybridized carbons (Fsp3) is 0.545. The molecule has 1 aliphatic carbocycles. The summed E-state index contributed by atoms with van der Waals surface area (Å²) in [5.41, 5.74) is 4.38. The number of aryl methyl sites for hydroxylation is 2. The lowest BCUT2D eigenvalue weighted by atomic mass is 9.97. The number of para-hydroxylation sites is 1. The van der Waals surface area contributed by atoms with Crippen LogP contribution >= 0.6 is 0 Å². The Kier molecular flexibility index (Phi) is 8.52. The first-order valence-electron chi connectivity index (χ1n) is 10.1. The second-order valence-electron chi connectivity index (χ2n) is 7.11. The van der Waals surface area contributed by atoms with Gasteiger partial charge in [0, 0.05) is 5.69 Å². The van der Waals surface area contributed by atoms with E-state index < -0.39 is 12.0 Å². The molecule has 0 aromatic heterocycles. The Labute approximate surface area is 162 Å². The summed E-state index contributed by atoms with van der Waals surface area (Å²) in [4.78, 5) is 24.1. The predicted molar refractivity (Wildman–Crippen MR) is 109 cm³/mol. The molecular formula is C22H32N2O3. The summed E-state index contributed by atoms with van der Waals surface area (Å²) in [5, 5.41) is 15.5. The van der Waals surface area contributed by atoms with E-state index >= 15 is 0 Å². The minimum atomic E-state index is -0.984. The fourth-order valence-corrected chi connectivity index (χ4v) is 3.56. The molecule has 1 unspecified atom stereocenters. The molecule has 0 spiro atoms. The molecule has 27 heavy (non-hydrogen) atoms.